The summed E-state index contributed by atoms with van der Waals surface area (Å²) in [5.41, 5.74) is 4.85. The topological polar surface area (TPSA) is 91.2 Å². The molecule has 27 heavy (non-hydrogen) atoms. The summed E-state index contributed by atoms with van der Waals surface area (Å²) in [5.74, 6) is -0.378. The molecule has 0 fully saturated rings. The van der Waals surface area contributed by atoms with E-state index in [1.54, 1.807) is 16.4 Å². The molecule has 1 aliphatic rings. The Morgan fingerprint density at radius 3 is 2.89 bits per heavy atom. The van der Waals surface area contributed by atoms with Crippen molar-refractivity contribution in [3.63, 3.8) is 0 Å². The van der Waals surface area contributed by atoms with Crippen LogP contribution in [0, 0.1) is 0 Å². The Morgan fingerprint density at radius 1 is 1.37 bits per heavy atom. The average Bonchev–Trinajstić information content (AvgIpc) is 2.69. The Hall–Kier alpha value is -3.45. The van der Waals surface area contributed by atoms with Gasteiger partial charge in [-0.3, -0.25) is 19.8 Å². The summed E-state index contributed by atoms with van der Waals surface area (Å²) >= 11 is 0. The highest BCUT2D eigenvalue weighted by Crippen LogP contribution is 2.34. The van der Waals surface area contributed by atoms with E-state index in [0.717, 1.165) is 16.8 Å². The summed E-state index contributed by atoms with van der Waals surface area (Å²) in [7, 11) is 0. The van der Waals surface area contributed by atoms with Gasteiger partial charge >= 0.3 is 0 Å². The molecule has 3 rings (SSSR count). The highest BCUT2D eigenvalue weighted by atomic mass is 16.5. The number of hydroxylamine groups is 1. The van der Waals surface area contributed by atoms with Gasteiger partial charge < -0.3 is 9.64 Å². The third-order valence-electron chi connectivity index (χ3n) is 4.21. The zero-order chi connectivity index (χ0) is 19.4. The number of carbonyl (C=O) groups is 2. The Bertz CT molecular complexity index is 937. The highest BCUT2D eigenvalue weighted by molar-refractivity contribution is 6.01. The molecule has 7 heteroatoms. The minimum absolute atomic E-state index is 0.0768. The minimum atomic E-state index is -0.660. The summed E-state index contributed by atoms with van der Waals surface area (Å²) in [6.45, 7) is 5.71. The maximum absolute atomic E-state index is 12.5. The fourth-order valence-corrected chi connectivity index (χ4v) is 2.92. The van der Waals surface area contributed by atoms with Crippen LogP contribution in [0.3, 0.4) is 0 Å². The molecule has 0 saturated heterocycles. The molecular formula is C20H19N3O4. The Kier molecular flexibility index (Phi) is 5.33. The maximum Gasteiger partial charge on any atom is 0.274 e. The van der Waals surface area contributed by atoms with Crippen molar-refractivity contribution in [2.45, 2.75) is 13.5 Å². The molecule has 1 aliphatic heterocycles. The van der Waals surface area contributed by atoms with Crippen molar-refractivity contribution in [3.8, 4) is 5.75 Å². The van der Waals surface area contributed by atoms with E-state index in [9.17, 15) is 9.59 Å². The molecule has 0 aliphatic carbocycles. The van der Waals surface area contributed by atoms with Crippen LogP contribution in [-0.4, -0.2) is 30.3 Å². The number of nitrogens with one attached hydrogen (secondary N) is 1. The molecule has 138 valence electrons. The summed E-state index contributed by atoms with van der Waals surface area (Å²) in [6.07, 6.45) is 3.83. The van der Waals surface area contributed by atoms with E-state index in [1.807, 2.05) is 37.3 Å². The van der Waals surface area contributed by atoms with Gasteiger partial charge in [0.15, 0.2) is 6.61 Å². The van der Waals surface area contributed by atoms with E-state index in [4.69, 9.17) is 9.94 Å². The van der Waals surface area contributed by atoms with Crippen molar-refractivity contribution in [2.24, 2.45) is 4.99 Å². The first-order valence-corrected chi connectivity index (χ1v) is 8.31. The van der Waals surface area contributed by atoms with Gasteiger partial charge in [-0.2, -0.15) is 0 Å². The monoisotopic (exact) mass is 365 g/mol. The number of carbonyl (C=O) groups excluding carboxylic acids is 2. The predicted molar refractivity (Wildman–Crippen MR) is 103 cm³/mol. The second-order valence-electron chi connectivity index (χ2n) is 5.94. The van der Waals surface area contributed by atoms with Crippen LogP contribution in [0.5, 0.6) is 5.75 Å². The first kappa shape index (κ1) is 18.3. The fraction of sp³-hybridized carbons (Fsp3) is 0.150. The number of ether oxygens (including phenoxy) is 1. The van der Waals surface area contributed by atoms with Gasteiger partial charge in [-0.05, 0) is 49.5 Å². The summed E-state index contributed by atoms with van der Waals surface area (Å²) in [4.78, 5) is 29.7. The quantitative estimate of drug-likeness (QED) is 0.484. The molecule has 0 bridgehead atoms. The number of hydrogen-bond acceptors (Lipinski definition) is 5. The van der Waals surface area contributed by atoms with Gasteiger partial charge in [0.2, 0.25) is 0 Å². The van der Waals surface area contributed by atoms with Gasteiger partial charge in [0, 0.05) is 11.1 Å². The van der Waals surface area contributed by atoms with Gasteiger partial charge in [-0.1, -0.05) is 18.2 Å². The molecule has 0 aromatic heterocycles. The molecule has 2 amide bonds. The second kappa shape index (κ2) is 7.84. The van der Waals surface area contributed by atoms with Crippen molar-refractivity contribution < 1.29 is 19.5 Å². The van der Waals surface area contributed by atoms with E-state index < -0.39 is 5.91 Å². The van der Waals surface area contributed by atoms with Gasteiger partial charge in [-0.25, -0.2) is 5.48 Å². The Labute approximate surface area is 156 Å². The minimum Gasteiger partial charge on any atom is -0.482 e. The zero-order valence-corrected chi connectivity index (χ0v) is 14.8. The number of fused-ring (bicyclic) bond motifs is 1. The van der Waals surface area contributed by atoms with Crippen LogP contribution < -0.4 is 15.1 Å². The lowest BCUT2D eigenvalue weighted by molar-refractivity contribution is -0.121. The number of aliphatic imine (C=N–C) groups is 1. The lowest BCUT2D eigenvalue weighted by Crippen LogP contribution is -2.38. The molecule has 7 nitrogen and oxygen atoms in total. The van der Waals surface area contributed by atoms with E-state index in [2.05, 4.69) is 11.7 Å². The van der Waals surface area contributed by atoms with Crippen LogP contribution >= 0.6 is 0 Å². The molecular weight excluding hydrogens is 346 g/mol. The molecule has 2 N–H and O–H groups in total. The second-order valence-corrected chi connectivity index (χ2v) is 5.94. The SMILES string of the molecule is C=Nc1ccc(CN2C(=O)COc3ccc(C(=O)NO)cc32)cc1/C=C\C. The molecule has 0 saturated carbocycles. The number of nitrogens with zero attached hydrogens (tertiary/aromatic N) is 2. The first-order valence-electron chi connectivity index (χ1n) is 8.31. The van der Waals surface area contributed by atoms with E-state index in [0.29, 0.717) is 18.0 Å². The highest BCUT2D eigenvalue weighted by Gasteiger charge is 2.27. The van der Waals surface area contributed by atoms with Crippen LogP contribution in [0.4, 0.5) is 11.4 Å². The maximum atomic E-state index is 12.5. The van der Waals surface area contributed by atoms with Crippen molar-refractivity contribution in [2.75, 3.05) is 11.5 Å². The van der Waals surface area contributed by atoms with Crippen molar-refractivity contribution in [3.05, 3.63) is 59.2 Å². The summed E-state index contributed by atoms with van der Waals surface area (Å²) in [6, 6.07) is 10.3. The van der Waals surface area contributed by atoms with Crippen molar-refractivity contribution in [1.29, 1.82) is 0 Å². The number of amides is 2. The summed E-state index contributed by atoms with van der Waals surface area (Å²) in [5, 5.41) is 8.84. The third kappa shape index (κ3) is 3.73. The van der Waals surface area contributed by atoms with Gasteiger partial charge in [0.1, 0.15) is 5.75 Å². The molecule has 0 radical (unpaired) electrons. The van der Waals surface area contributed by atoms with Gasteiger partial charge in [-0.15, -0.1) is 0 Å². The number of rotatable bonds is 5. The number of anilines is 1. The van der Waals surface area contributed by atoms with Gasteiger partial charge in [0.25, 0.3) is 11.8 Å². The van der Waals surface area contributed by atoms with Crippen LogP contribution in [0.1, 0.15) is 28.4 Å². The lowest BCUT2D eigenvalue weighted by atomic mass is 10.1. The van der Waals surface area contributed by atoms with E-state index >= 15 is 0 Å². The van der Waals surface area contributed by atoms with Crippen molar-refractivity contribution >= 4 is 36.0 Å². The summed E-state index contributed by atoms with van der Waals surface area (Å²) < 4.78 is 5.45. The largest absolute Gasteiger partial charge is 0.482 e. The number of benzene rings is 2. The van der Waals surface area contributed by atoms with Crippen LogP contribution in [0.2, 0.25) is 0 Å². The van der Waals surface area contributed by atoms with E-state index in [1.165, 1.54) is 12.1 Å². The van der Waals surface area contributed by atoms with Crippen LogP contribution in [-0.2, 0) is 11.3 Å². The first-order chi connectivity index (χ1) is 13.1. The third-order valence-corrected chi connectivity index (χ3v) is 4.21. The Morgan fingerprint density at radius 2 is 2.19 bits per heavy atom. The van der Waals surface area contributed by atoms with Gasteiger partial charge in [0.05, 0.1) is 17.9 Å². The molecule has 0 unspecified atom stereocenters. The van der Waals surface area contributed by atoms with Crippen LogP contribution in [0.25, 0.3) is 6.08 Å². The fourth-order valence-electron chi connectivity index (χ4n) is 2.92. The average molecular weight is 365 g/mol. The molecule has 0 spiro atoms. The molecule has 1 heterocycles. The van der Waals surface area contributed by atoms with E-state index in [-0.39, 0.29) is 18.1 Å². The standard InChI is InChI=1S/C20H19N3O4/c1-3-4-14-9-13(5-7-16(14)21-2)11-23-17-10-15(20(25)22-26)6-8-18(17)27-12-19(23)24/h3-10,26H,2,11-12H2,1H3,(H,22,25)/b4-3-. The smallest absolute Gasteiger partial charge is 0.274 e. The van der Waals surface area contributed by atoms with Crippen molar-refractivity contribution in [1.82, 2.24) is 5.48 Å². The normalized spacial score (nSPS) is 13.3. The number of allylic oxidation sites excluding steroid dienone is 1. The lowest BCUT2D eigenvalue weighted by Gasteiger charge is -2.30. The van der Waals surface area contributed by atoms with Crippen LogP contribution in [0.15, 0.2) is 47.5 Å². The number of hydrogen-bond donors (Lipinski definition) is 2. The molecule has 0 atom stereocenters. The predicted octanol–water partition coefficient (Wildman–Crippen LogP) is 3.10. The Balaban J connectivity index is 1.98. The zero-order valence-electron chi connectivity index (χ0n) is 14.8. The molecule has 2 aromatic carbocycles. The molecule has 2 aromatic rings.